The number of furan rings is 1. The Morgan fingerprint density at radius 3 is 2.38 bits per heavy atom. The van der Waals surface area contributed by atoms with E-state index >= 15 is 0 Å². The molecule has 24 heavy (non-hydrogen) atoms. The molecule has 1 aromatic carbocycles. The van der Waals surface area contributed by atoms with Crippen LogP contribution in [0.4, 0.5) is 0 Å². The summed E-state index contributed by atoms with van der Waals surface area (Å²) in [5, 5.41) is 2.77. The SMILES string of the molecule is Cc1ccc(CN(C)C(=O)[C@@H](NC(=O)c2ccco2)C(C)C)cc1. The first-order chi connectivity index (χ1) is 11.4. The molecule has 0 saturated carbocycles. The Balaban J connectivity index is 2.04. The topological polar surface area (TPSA) is 62.6 Å². The van der Waals surface area contributed by atoms with Crippen LogP contribution in [0, 0.1) is 12.8 Å². The maximum atomic E-state index is 12.7. The molecule has 5 heteroatoms. The molecule has 0 aliphatic heterocycles. The van der Waals surface area contributed by atoms with Crippen LogP contribution in [0.15, 0.2) is 47.1 Å². The molecule has 0 fully saturated rings. The van der Waals surface area contributed by atoms with Crippen LogP contribution in [0.5, 0.6) is 0 Å². The van der Waals surface area contributed by atoms with Crippen LogP contribution in [-0.4, -0.2) is 29.8 Å². The number of benzene rings is 1. The first-order valence-electron chi connectivity index (χ1n) is 8.03. The van der Waals surface area contributed by atoms with Crippen LogP contribution in [0.25, 0.3) is 0 Å². The minimum Gasteiger partial charge on any atom is -0.459 e. The summed E-state index contributed by atoms with van der Waals surface area (Å²) < 4.78 is 5.09. The second kappa shape index (κ2) is 7.81. The molecule has 2 amide bonds. The minimum atomic E-state index is -0.599. The lowest BCUT2D eigenvalue weighted by Gasteiger charge is -2.27. The summed E-state index contributed by atoms with van der Waals surface area (Å²) in [4.78, 5) is 26.5. The van der Waals surface area contributed by atoms with Gasteiger partial charge < -0.3 is 14.6 Å². The van der Waals surface area contributed by atoms with Gasteiger partial charge in [0.1, 0.15) is 6.04 Å². The van der Waals surface area contributed by atoms with Gasteiger partial charge in [-0.2, -0.15) is 0 Å². The molecular weight excluding hydrogens is 304 g/mol. The Hall–Kier alpha value is -2.56. The summed E-state index contributed by atoms with van der Waals surface area (Å²) in [7, 11) is 1.75. The summed E-state index contributed by atoms with van der Waals surface area (Å²) in [6, 6.07) is 10.7. The summed E-state index contributed by atoms with van der Waals surface area (Å²) >= 11 is 0. The minimum absolute atomic E-state index is 0.0307. The number of nitrogens with one attached hydrogen (secondary N) is 1. The quantitative estimate of drug-likeness (QED) is 0.886. The first-order valence-corrected chi connectivity index (χ1v) is 8.03. The van der Waals surface area contributed by atoms with E-state index in [2.05, 4.69) is 5.32 Å². The number of likely N-dealkylation sites (N-methyl/N-ethyl adjacent to an activating group) is 1. The largest absolute Gasteiger partial charge is 0.459 e. The lowest BCUT2D eigenvalue weighted by Crippen LogP contribution is -2.49. The molecule has 0 radical (unpaired) electrons. The van der Waals surface area contributed by atoms with Crippen molar-refractivity contribution in [2.75, 3.05) is 7.05 Å². The number of hydrogen-bond donors (Lipinski definition) is 1. The van der Waals surface area contributed by atoms with E-state index in [9.17, 15) is 9.59 Å². The van der Waals surface area contributed by atoms with Crippen LogP contribution >= 0.6 is 0 Å². The fraction of sp³-hybridized carbons (Fsp3) is 0.368. The van der Waals surface area contributed by atoms with Gasteiger partial charge in [-0.05, 0) is 30.5 Å². The number of aryl methyl sites for hydroxylation is 1. The lowest BCUT2D eigenvalue weighted by atomic mass is 10.0. The second-order valence-corrected chi connectivity index (χ2v) is 6.35. The van der Waals surface area contributed by atoms with Crippen LogP contribution in [-0.2, 0) is 11.3 Å². The Morgan fingerprint density at radius 1 is 1.17 bits per heavy atom. The van der Waals surface area contributed by atoms with Gasteiger partial charge in [0.2, 0.25) is 5.91 Å². The van der Waals surface area contributed by atoms with E-state index in [0.717, 1.165) is 5.56 Å². The summed E-state index contributed by atoms with van der Waals surface area (Å²) in [5.41, 5.74) is 2.23. The van der Waals surface area contributed by atoms with E-state index in [0.29, 0.717) is 6.54 Å². The standard InChI is InChI=1S/C19H24N2O3/c1-13(2)17(20-18(22)16-6-5-11-24-16)19(23)21(4)12-15-9-7-14(3)8-10-15/h5-11,13,17H,12H2,1-4H3,(H,20,22)/t17-/m0/s1. The van der Waals surface area contributed by atoms with Gasteiger partial charge >= 0.3 is 0 Å². The predicted molar refractivity (Wildman–Crippen MR) is 92.5 cm³/mol. The Labute approximate surface area is 142 Å². The molecule has 0 saturated heterocycles. The molecule has 0 aliphatic rings. The van der Waals surface area contributed by atoms with Crippen molar-refractivity contribution in [2.24, 2.45) is 5.92 Å². The van der Waals surface area contributed by atoms with Crippen molar-refractivity contribution in [3.05, 3.63) is 59.5 Å². The molecule has 1 N–H and O–H groups in total. The maximum absolute atomic E-state index is 12.7. The molecule has 2 rings (SSSR count). The van der Waals surface area contributed by atoms with Gasteiger partial charge in [0.15, 0.2) is 5.76 Å². The summed E-state index contributed by atoms with van der Waals surface area (Å²) in [6.45, 7) is 6.34. The normalized spacial score (nSPS) is 12.0. The van der Waals surface area contributed by atoms with Gasteiger partial charge in [-0.25, -0.2) is 0 Å². The van der Waals surface area contributed by atoms with Gasteiger partial charge in [0, 0.05) is 13.6 Å². The van der Waals surface area contributed by atoms with Gasteiger partial charge in [0.25, 0.3) is 5.91 Å². The number of nitrogens with zero attached hydrogens (tertiary/aromatic N) is 1. The van der Waals surface area contributed by atoms with E-state index in [1.165, 1.54) is 11.8 Å². The van der Waals surface area contributed by atoms with Crippen molar-refractivity contribution >= 4 is 11.8 Å². The third-order valence-electron chi connectivity index (χ3n) is 3.88. The molecule has 0 spiro atoms. The molecule has 1 heterocycles. The predicted octanol–water partition coefficient (Wildman–Crippen LogP) is 3.00. The molecular formula is C19H24N2O3. The number of rotatable bonds is 6. The smallest absolute Gasteiger partial charge is 0.287 e. The van der Waals surface area contributed by atoms with Crippen molar-refractivity contribution in [3.63, 3.8) is 0 Å². The van der Waals surface area contributed by atoms with Crippen LogP contribution in [0.1, 0.15) is 35.5 Å². The highest BCUT2D eigenvalue weighted by atomic mass is 16.3. The van der Waals surface area contributed by atoms with Gasteiger partial charge in [-0.3, -0.25) is 9.59 Å². The molecule has 5 nitrogen and oxygen atoms in total. The number of hydrogen-bond acceptors (Lipinski definition) is 3. The highest BCUT2D eigenvalue weighted by Crippen LogP contribution is 2.11. The second-order valence-electron chi connectivity index (χ2n) is 6.35. The fourth-order valence-electron chi connectivity index (χ4n) is 2.42. The van der Waals surface area contributed by atoms with E-state index in [-0.39, 0.29) is 23.5 Å². The van der Waals surface area contributed by atoms with Gasteiger partial charge in [-0.15, -0.1) is 0 Å². The average molecular weight is 328 g/mol. The molecule has 0 bridgehead atoms. The number of carbonyl (C=O) groups is 2. The Bertz CT molecular complexity index is 675. The van der Waals surface area contributed by atoms with Crippen molar-refractivity contribution in [1.29, 1.82) is 0 Å². The monoisotopic (exact) mass is 328 g/mol. The van der Waals surface area contributed by atoms with Crippen LogP contribution in [0.2, 0.25) is 0 Å². The molecule has 1 atom stereocenters. The maximum Gasteiger partial charge on any atom is 0.287 e. The van der Waals surface area contributed by atoms with Crippen molar-refractivity contribution in [2.45, 2.75) is 33.4 Å². The lowest BCUT2D eigenvalue weighted by molar-refractivity contribution is -0.133. The molecule has 128 valence electrons. The van der Waals surface area contributed by atoms with Gasteiger partial charge in [-0.1, -0.05) is 43.7 Å². The average Bonchev–Trinajstić information content (AvgIpc) is 3.08. The van der Waals surface area contributed by atoms with Gasteiger partial charge in [0.05, 0.1) is 6.26 Å². The zero-order valence-electron chi connectivity index (χ0n) is 14.6. The molecule has 2 aromatic rings. The number of amides is 2. The fourth-order valence-corrected chi connectivity index (χ4v) is 2.42. The van der Waals surface area contributed by atoms with E-state index in [1.54, 1.807) is 24.1 Å². The Morgan fingerprint density at radius 2 is 1.83 bits per heavy atom. The first kappa shape index (κ1) is 17.8. The third kappa shape index (κ3) is 4.47. The van der Waals surface area contributed by atoms with E-state index < -0.39 is 6.04 Å². The highest BCUT2D eigenvalue weighted by molar-refractivity contribution is 5.95. The van der Waals surface area contributed by atoms with Crippen LogP contribution in [0.3, 0.4) is 0 Å². The zero-order chi connectivity index (χ0) is 17.7. The Kier molecular flexibility index (Phi) is 5.79. The van der Waals surface area contributed by atoms with Crippen molar-refractivity contribution in [1.82, 2.24) is 10.2 Å². The van der Waals surface area contributed by atoms with E-state index in [1.807, 2.05) is 45.0 Å². The molecule has 1 aromatic heterocycles. The van der Waals surface area contributed by atoms with Crippen molar-refractivity contribution < 1.29 is 14.0 Å². The van der Waals surface area contributed by atoms with Crippen LogP contribution < -0.4 is 5.32 Å². The van der Waals surface area contributed by atoms with E-state index in [4.69, 9.17) is 4.42 Å². The molecule has 0 aliphatic carbocycles. The third-order valence-corrected chi connectivity index (χ3v) is 3.88. The number of carbonyl (C=O) groups excluding carboxylic acids is 2. The molecule has 0 unspecified atom stereocenters. The zero-order valence-corrected chi connectivity index (χ0v) is 14.6. The summed E-state index contributed by atoms with van der Waals surface area (Å²) in [6.07, 6.45) is 1.44. The van der Waals surface area contributed by atoms with Crippen molar-refractivity contribution in [3.8, 4) is 0 Å². The summed E-state index contributed by atoms with van der Waals surface area (Å²) in [5.74, 6) is -0.326. The highest BCUT2D eigenvalue weighted by Gasteiger charge is 2.28.